The Morgan fingerprint density at radius 2 is 1.36 bits per heavy atom. The summed E-state index contributed by atoms with van der Waals surface area (Å²) in [4.78, 5) is 23.8. The van der Waals surface area contributed by atoms with Crippen molar-refractivity contribution in [2.24, 2.45) is 0 Å². The van der Waals surface area contributed by atoms with E-state index in [2.05, 4.69) is 10.6 Å². The third-order valence-electron chi connectivity index (χ3n) is 3.23. The monoisotopic (exact) mass is 296 g/mol. The van der Waals surface area contributed by atoms with E-state index in [1.54, 1.807) is 19.2 Å². The minimum absolute atomic E-state index is 0.0905. The van der Waals surface area contributed by atoms with Gasteiger partial charge in [0.15, 0.2) is 0 Å². The van der Waals surface area contributed by atoms with Gasteiger partial charge in [0.05, 0.1) is 0 Å². The largest absolute Gasteiger partial charge is 0.355 e. The van der Waals surface area contributed by atoms with Crippen molar-refractivity contribution in [2.45, 2.75) is 19.9 Å². The van der Waals surface area contributed by atoms with Gasteiger partial charge in [-0.25, -0.2) is 0 Å². The Balaban J connectivity index is 2.34. The predicted molar refractivity (Wildman–Crippen MR) is 87.9 cm³/mol. The van der Waals surface area contributed by atoms with Gasteiger partial charge in [-0.15, -0.1) is 0 Å². The summed E-state index contributed by atoms with van der Waals surface area (Å²) in [6.07, 6.45) is 0. The molecule has 0 saturated heterocycles. The quantitative estimate of drug-likeness (QED) is 0.911. The molecule has 0 heterocycles. The number of benzene rings is 2. The number of rotatable bonds is 4. The summed E-state index contributed by atoms with van der Waals surface area (Å²) in [5, 5.41) is 5.48. The highest BCUT2D eigenvalue weighted by Gasteiger charge is 2.09. The number of hydrogen-bond donors (Lipinski definition) is 2. The lowest BCUT2D eigenvalue weighted by atomic mass is 10.0. The highest BCUT2D eigenvalue weighted by molar-refractivity contribution is 5.97. The summed E-state index contributed by atoms with van der Waals surface area (Å²) < 4.78 is 0. The third-order valence-corrected chi connectivity index (χ3v) is 3.23. The molecule has 0 unspecified atom stereocenters. The second-order valence-corrected chi connectivity index (χ2v) is 5.37. The fourth-order valence-corrected chi connectivity index (χ4v) is 2.17. The van der Waals surface area contributed by atoms with Gasteiger partial charge in [-0.1, -0.05) is 24.3 Å². The van der Waals surface area contributed by atoms with Crippen LogP contribution in [0, 0.1) is 0 Å². The second-order valence-electron chi connectivity index (χ2n) is 5.37. The van der Waals surface area contributed by atoms with Crippen LogP contribution >= 0.6 is 0 Å². The summed E-state index contributed by atoms with van der Waals surface area (Å²) in [5.41, 5.74) is 3.01. The molecule has 22 heavy (non-hydrogen) atoms. The van der Waals surface area contributed by atoms with Crippen molar-refractivity contribution in [3.63, 3.8) is 0 Å². The number of hydrogen-bond acceptors (Lipinski definition) is 2. The van der Waals surface area contributed by atoms with E-state index in [1.807, 2.05) is 50.2 Å². The summed E-state index contributed by atoms with van der Waals surface area (Å²) >= 11 is 0. The molecule has 4 nitrogen and oxygen atoms in total. The molecular weight excluding hydrogens is 276 g/mol. The molecule has 0 spiro atoms. The Labute approximate surface area is 130 Å². The predicted octanol–water partition coefficient (Wildman–Crippen LogP) is 2.85. The minimum Gasteiger partial charge on any atom is -0.355 e. The van der Waals surface area contributed by atoms with Crippen LogP contribution < -0.4 is 10.6 Å². The van der Waals surface area contributed by atoms with E-state index in [4.69, 9.17) is 0 Å². The highest BCUT2D eigenvalue weighted by Crippen LogP contribution is 2.21. The van der Waals surface area contributed by atoms with Gasteiger partial charge in [-0.2, -0.15) is 0 Å². The van der Waals surface area contributed by atoms with Crippen molar-refractivity contribution in [1.82, 2.24) is 10.6 Å². The van der Waals surface area contributed by atoms with Crippen LogP contribution in [0.5, 0.6) is 0 Å². The molecule has 2 amide bonds. The Hall–Kier alpha value is -2.62. The molecule has 0 atom stereocenters. The SMILES string of the molecule is CNC(=O)c1cccc(-c2cccc(C(=O)NC(C)C)c2)c1. The summed E-state index contributed by atoms with van der Waals surface area (Å²) in [6.45, 7) is 3.85. The van der Waals surface area contributed by atoms with Crippen LogP contribution in [-0.2, 0) is 0 Å². The molecule has 0 bridgehead atoms. The molecular formula is C18H20N2O2. The molecule has 2 N–H and O–H groups in total. The van der Waals surface area contributed by atoms with E-state index < -0.39 is 0 Å². The summed E-state index contributed by atoms with van der Waals surface area (Å²) in [6, 6.07) is 14.8. The molecule has 0 aliphatic heterocycles. The molecule has 0 aromatic heterocycles. The standard InChI is InChI=1S/C18H20N2O2/c1-12(2)20-18(22)16-9-5-7-14(11-16)13-6-4-8-15(10-13)17(21)19-3/h4-12H,1-3H3,(H,19,21)(H,20,22). The maximum atomic E-state index is 12.1. The Morgan fingerprint density at radius 3 is 1.82 bits per heavy atom. The smallest absolute Gasteiger partial charge is 0.251 e. The Kier molecular flexibility index (Phi) is 4.94. The van der Waals surface area contributed by atoms with Crippen LogP contribution in [0.15, 0.2) is 48.5 Å². The average Bonchev–Trinajstić information content (AvgIpc) is 2.53. The molecule has 0 fully saturated rings. The average molecular weight is 296 g/mol. The lowest BCUT2D eigenvalue weighted by Crippen LogP contribution is -2.30. The Morgan fingerprint density at radius 1 is 0.864 bits per heavy atom. The zero-order valence-electron chi connectivity index (χ0n) is 13.0. The first kappa shape index (κ1) is 15.8. The zero-order chi connectivity index (χ0) is 16.1. The number of amides is 2. The van der Waals surface area contributed by atoms with Crippen molar-refractivity contribution in [2.75, 3.05) is 7.05 Å². The zero-order valence-corrected chi connectivity index (χ0v) is 13.0. The number of carbonyl (C=O) groups excluding carboxylic acids is 2. The maximum Gasteiger partial charge on any atom is 0.251 e. The molecule has 0 radical (unpaired) electrons. The molecule has 2 rings (SSSR count). The molecule has 2 aromatic carbocycles. The van der Waals surface area contributed by atoms with Gasteiger partial charge in [0.2, 0.25) is 0 Å². The second kappa shape index (κ2) is 6.89. The molecule has 0 saturated carbocycles. The van der Waals surface area contributed by atoms with Crippen LogP contribution in [0.1, 0.15) is 34.6 Å². The number of nitrogens with one attached hydrogen (secondary N) is 2. The van der Waals surface area contributed by atoms with E-state index >= 15 is 0 Å². The van der Waals surface area contributed by atoms with Gasteiger partial charge >= 0.3 is 0 Å². The maximum absolute atomic E-state index is 12.1. The van der Waals surface area contributed by atoms with Gasteiger partial charge in [0.25, 0.3) is 11.8 Å². The minimum atomic E-state index is -0.129. The lowest BCUT2D eigenvalue weighted by molar-refractivity contribution is 0.0940. The van der Waals surface area contributed by atoms with Crippen LogP contribution in [-0.4, -0.2) is 24.9 Å². The van der Waals surface area contributed by atoms with E-state index in [1.165, 1.54) is 0 Å². The fraction of sp³-hybridized carbons (Fsp3) is 0.222. The van der Waals surface area contributed by atoms with E-state index in [9.17, 15) is 9.59 Å². The first-order valence-corrected chi connectivity index (χ1v) is 7.24. The number of carbonyl (C=O) groups is 2. The lowest BCUT2D eigenvalue weighted by Gasteiger charge is -2.10. The van der Waals surface area contributed by atoms with Crippen molar-refractivity contribution < 1.29 is 9.59 Å². The third kappa shape index (κ3) is 3.73. The van der Waals surface area contributed by atoms with Crippen molar-refractivity contribution in [3.8, 4) is 11.1 Å². The molecule has 2 aromatic rings. The fourth-order valence-electron chi connectivity index (χ4n) is 2.17. The molecule has 4 heteroatoms. The topological polar surface area (TPSA) is 58.2 Å². The van der Waals surface area contributed by atoms with Crippen LogP contribution in [0.3, 0.4) is 0 Å². The first-order valence-electron chi connectivity index (χ1n) is 7.24. The van der Waals surface area contributed by atoms with E-state index in [-0.39, 0.29) is 17.9 Å². The first-order chi connectivity index (χ1) is 10.5. The van der Waals surface area contributed by atoms with E-state index in [0.29, 0.717) is 11.1 Å². The summed E-state index contributed by atoms with van der Waals surface area (Å²) in [5.74, 6) is -0.227. The van der Waals surface area contributed by atoms with Gasteiger partial charge in [0, 0.05) is 24.2 Å². The van der Waals surface area contributed by atoms with Gasteiger partial charge in [-0.05, 0) is 49.2 Å². The Bertz CT molecular complexity index is 693. The molecule has 0 aliphatic rings. The van der Waals surface area contributed by atoms with Gasteiger partial charge in [0.1, 0.15) is 0 Å². The molecule has 0 aliphatic carbocycles. The van der Waals surface area contributed by atoms with Crippen LogP contribution in [0.4, 0.5) is 0 Å². The summed E-state index contributed by atoms with van der Waals surface area (Å²) in [7, 11) is 1.60. The van der Waals surface area contributed by atoms with E-state index in [0.717, 1.165) is 11.1 Å². The van der Waals surface area contributed by atoms with Gasteiger partial charge < -0.3 is 10.6 Å². The van der Waals surface area contributed by atoms with Crippen molar-refractivity contribution in [3.05, 3.63) is 59.7 Å². The highest BCUT2D eigenvalue weighted by atomic mass is 16.2. The van der Waals surface area contributed by atoms with Gasteiger partial charge in [-0.3, -0.25) is 9.59 Å². The van der Waals surface area contributed by atoms with Crippen LogP contribution in [0.25, 0.3) is 11.1 Å². The van der Waals surface area contributed by atoms with Crippen LogP contribution in [0.2, 0.25) is 0 Å². The normalized spacial score (nSPS) is 10.4. The van der Waals surface area contributed by atoms with Crippen molar-refractivity contribution in [1.29, 1.82) is 0 Å². The van der Waals surface area contributed by atoms with Crippen molar-refractivity contribution >= 4 is 11.8 Å². The molecule has 114 valence electrons.